The molecule has 1 amide bonds. The van der Waals surface area contributed by atoms with Crippen molar-refractivity contribution in [3.63, 3.8) is 0 Å². The van der Waals surface area contributed by atoms with Gasteiger partial charge in [-0.05, 0) is 42.4 Å². The predicted octanol–water partition coefficient (Wildman–Crippen LogP) is 3.82. The number of nitrogens with one attached hydrogen (secondary N) is 1. The molecular formula is C23H36ClIN4O2. The highest BCUT2D eigenvalue weighted by atomic mass is 127. The fourth-order valence-corrected chi connectivity index (χ4v) is 4.87. The number of piperazine rings is 1. The highest BCUT2D eigenvalue weighted by molar-refractivity contribution is 14.0. The minimum absolute atomic E-state index is 0. The van der Waals surface area contributed by atoms with Crippen molar-refractivity contribution in [1.29, 1.82) is 0 Å². The van der Waals surface area contributed by atoms with Crippen LogP contribution in [0.15, 0.2) is 29.3 Å². The lowest BCUT2D eigenvalue weighted by Crippen LogP contribution is -2.55. The molecule has 2 fully saturated rings. The molecule has 2 aliphatic rings. The molecule has 3 rings (SSSR count). The third kappa shape index (κ3) is 7.49. The van der Waals surface area contributed by atoms with Gasteiger partial charge in [-0.15, -0.1) is 24.0 Å². The largest absolute Gasteiger partial charge is 0.385 e. The number of methoxy groups -OCH3 is 1. The van der Waals surface area contributed by atoms with Crippen LogP contribution in [0.3, 0.4) is 0 Å². The Morgan fingerprint density at radius 1 is 1.19 bits per heavy atom. The topological polar surface area (TPSA) is 57.2 Å². The van der Waals surface area contributed by atoms with E-state index in [0.717, 1.165) is 57.3 Å². The second-order valence-corrected chi connectivity index (χ2v) is 8.96. The first-order chi connectivity index (χ1) is 14.5. The Morgan fingerprint density at radius 3 is 2.48 bits per heavy atom. The van der Waals surface area contributed by atoms with Crippen LogP contribution in [0.2, 0.25) is 5.02 Å². The summed E-state index contributed by atoms with van der Waals surface area (Å²) < 4.78 is 5.35. The molecule has 0 atom stereocenters. The molecule has 1 saturated heterocycles. The van der Waals surface area contributed by atoms with E-state index in [1.165, 1.54) is 25.7 Å². The first kappa shape index (κ1) is 26.2. The average Bonchev–Trinajstić information content (AvgIpc) is 3.22. The van der Waals surface area contributed by atoms with E-state index in [1.807, 2.05) is 36.2 Å². The highest BCUT2D eigenvalue weighted by Gasteiger charge is 2.34. The van der Waals surface area contributed by atoms with Gasteiger partial charge >= 0.3 is 0 Å². The third-order valence-corrected chi connectivity index (χ3v) is 6.75. The zero-order chi connectivity index (χ0) is 21.4. The van der Waals surface area contributed by atoms with Crippen molar-refractivity contribution in [2.24, 2.45) is 10.4 Å². The minimum Gasteiger partial charge on any atom is -0.385 e. The van der Waals surface area contributed by atoms with Crippen molar-refractivity contribution in [3.05, 3.63) is 34.9 Å². The summed E-state index contributed by atoms with van der Waals surface area (Å²) in [6.07, 6.45) is 6.61. The number of ether oxygens (including phenoxy) is 1. The molecule has 0 spiro atoms. The number of aliphatic imine (C=N–C) groups is 1. The van der Waals surface area contributed by atoms with Gasteiger partial charge in [-0.25, -0.2) is 0 Å². The SMILES string of the molecule is CN=C(NCC1(CCOC)CCCC1)N1CCN(C(=O)Cc2cccc(Cl)c2)CC1.I. The molecule has 1 aliphatic carbocycles. The minimum atomic E-state index is 0. The van der Waals surface area contributed by atoms with Gasteiger partial charge in [0.15, 0.2) is 5.96 Å². The van der Waals surface area contributed by atoms with Crippen LogP contribution in [0, 0.1) is 5.41 Å². The van der Waals surface area contributed by atoms with Gasteiger partial charge in [0, 0.05) is 58.5 Å². The molecule has 1 aromatic rings. The van der Waals surface area contributed by atoms with Gasteiger partial charge in [-0.3, -0.25) is 9.79 Å². The molecule has 1 N–H and O–H groups in total. The Morgan fingerprint density at radius 2 is 1.87 bits per heavy atom. The van der Waals surface area contributed by atoms with Crippen molar-refractivity contribution in [3.8, 4) is 0 Å². The Kier molecular flexibility index (Phi) is 10.9. The first-order valence-electron chi connectivity index (χ1n) is 11.0. The van der Waals surface area contributed by atoms with E-state index in [1.54, 1.807) is 7.11 Å². The fraction of sp³-hybridized carbons (Fsp3) is 0.652. The van der Waals surface area contributed by atoms with Crippen LogP contribution in [0.1, 0.15) is 37.7 Å². The van der Waals surface area contributed by atoms with Crippen LogP contribution >= 0.6 is 35.6 Å². The van der Waals surface area contributed by atoms with Gasteiger partial charge in [0.05, 0.1) is 6.42 Å². The van der Waals surface area contributed by atoms with Gasteiger partial charge < -0.3 is 19.9 Å². The first-order valence-corrected chi connectivity index (χ1v) is 11.4. The molecule has 174 valence electrons. The maximum atomic E-state index is 12.7. The molecule has 0 radical (unpaired) electrons. The number of benzene rings is 1. The predicted molar refractivity (Wildman–Crippen MR) is 137 cm³/mol. The van der Waals surface area contributed by atoms with Crippen molar-refractivity contribution >= 4 is 47.4 Å². The summed E-state index contributed by atoms with van der Waals surface area (Å²) >= 11 is 6.04. The number of halogens is 2. The van der Waals surface area contributed by atoms with E-state index < -0.39 is 0 Å². The zero-order valence-electron chi connectivity index (χ0n) is 18.7. The van der Waals surface area contributed by atoms with Crippen molar-refractivity contribution in [2.75, 3.05) is 53.5 Å². The Balaban J connectivity index is 0.00000341. The second kappa shape index (κ2) is 12.8. The third-order valence-electron chi connectivity index (χ3n) is 6.51. The van der Waals surface area contributed by atoms with Crippen LogP contribution in [0.4, 0.5) is 0 Å². The van der Waals surface area contributed by atoms with Crippen molar-refractivity contribution in [2.45, 2.75) is 38.5 Å². The number of nitrogens with zero attached hydrogens (tertiary/aromatic N) is 3. The zero-order valence-corrected chi connectivity index (χ0v) is 21.8. The number of hydrogen-bond donors (Lipinski definition) is 1. The molecule has 1 aromatic carbocycles. The maximum absolute atomic E-state index is 12.7. The molecular weight excluding hydrogens is 527 g/mol. The monoisotopic (exact) mass is 562 g/mol. The molecule has 0 aromatic heterocycles. The number of hydrogen-bond acceptors (Lipinski definition) is 3. The lowest BCUT2D eigenvalue weighted by molar-refractivity contribution is -0.131. The molecule has 1 heterocycles. The van der Waals surface area contributed by atoms with Crippen molar-refractivity contribution < 1.29 is 9.53 Å². The quantitative estimate of drug-likeness (QED) is 0.312. The number of carbonyl (C=O) groups excluding carboxylic acids is 1. The lowest BCUT2D eigenvalue weighted by atomic mass is 9.83. The summed E-state index contributed by atoms with van der Waals surface area (Å²) in [6.45, 7) is 4.78. The average molecular weight is 563 g/mol. The highest BCUT2D eigenvalue weighted by Crippen LogP contribution is 2.40. The molecule has 8 heteroatoms. The molecule has 1 saturated carbocycles. The lowest BCUT2D eigenvalue weighted by Gasteiger charge is -2.38. The number of guanidine groups is 1. The summed E-state index contributed by atoms with van der Waals surface area (Å²) in [6, 6.07) is 7.54. The standard InChI is InChI=1S/C23H35ClN4O2.HI/c1-25-22(26-18-23(10-15-30-2)8-3-4-9-23)28-13-11-27(12-14-28)21(29)17-19-6-5-7-20(24)16-19;/h5-7,16H,3-4,8-15,17-18H2,1-2H3,(H,25,26);1H. The van der Waals surface area contributed by atoms with Gasteiger partial charge in [0.2, 0.25) is 5.91 Å². The van der Waals surface area contributed by atoms with Crippen molar-refractivity contribution in [1.82, 2.24) is 15.1 Å². The van der Waals surface area contributed by atoms with Crippen LogP contribution < -0.4 is 5.32 Å². The molecule has 1 aliphatic heterocycles. The van der Waals surface area contributed by atoms with Crippen LogP contribution in [-0.4, -0.2) is 75.2 Å². The Labute approximate surface area is 208 Å². The molecule has 0 unspecified atom stereocenters. The van der Waals surface area contributed by atoms with Crippen LogP contribution in [-0.2, 0) is 16.0 Å². The smallest absolute Gasteiger partial charge is 0.227 e. The van der Waals surface area contributed by atoms with Gasteiger partial charge in [-0.1, -0.05) is 36.6 Å². The van der Waals surface area contributed by atoms with Crippen LogP contribution in [0.5, 0.6) is 0 Å². The van der Waals surface area contributed by atoms with Gasteiger partial charge in [0.25, 0.3) is 0 Å². The van der Waals surface area contributed by atoms with E-state index in [0.29, 0.717) is 16.9 Å². The summed E-state index contributed by atoms with van der Waals surface area (Å²) in [5, 5.41) is 4.29. The summed E-state index contributed by atoms with van der Waals surface area (Å²) in [5.74, 6) is 1.10. The van der Waals surface area contributed by atoms with E-state index >= 15 is 0 Å². The second-order valence-electron chi connectivity index (χ2n) is 8.53. The Hall–Kier alpha value is -1.06. The van der Waals surface area contributed by atoms with Gasteiger partial charge in [0.1, 0.15) is 0 Å². The summed E-state index contributed by atoms with van der Waals surface area (Å²) in [5.41, 5.74) is 1.28. The molecule has 0 bridgehead atoms. The number of carbonyl (C=O) groups is 1. The van der Waals surface area contributed by atoms with Crippen LogP contribution in [0.25, 0.3) is 0 Å². The maximum Gasteiger partial charge on any atom is 0.227 e. The van der Waals surface area contributed by atoms with E-state index in [4.69, 9.17) is 16.3 Å². The van der Waals surface area contributed by atoms with Gasteiger partial charge in [-0.2, -0.15) is 0 Å². The fourth-order valence-electron chi connectivity index (χ4n) is 4.66. The number of rotatable bonds is 7. The molecule has 31 heavy (non-hydrogen) atoms. The van der Waals surface area contributed by atoms with E-state index in [-0.39, 0.29) is 29.9 Å². The van der Waals surface area contributed by atoms with E-state index in [9.17, 15) is 4.79 Å². The Bertz CT molecular complexity index is 732. The molecule has 6 nitrogen and oxygen atoms in total. The normalized spacial score (nSPS) is 18.6. The number of amides is 1. The summed E-state index contributed by atoms with van der Waals surface area (Å²) in [7, 11) is 3.62. The van der Waals surface area contributed by atoms with E-state index in [2.05, 4.69) is 15.2 Å². The summed E-state index contributed by atoms with van der Waals surface area (Å²) in [4.78, 5) is 21.4.